The molecule has 7 heteroatoms. The molecular weight excluding hydrogens is 385 g/mol. The van der Waals surface area contributed by atoms with Crippen molar-refractivity contribution in [1.82, 2.24) is 4.98 Å². The Labute approximate surface area is 174 Å². The molecule has 2 N–H and O–H groups in total. The van der Waals surface area contributed by atoms with E-state index < -0.39 is 5.97 Å². The summed E-state index contributed by atoms with van der Waals surface area (Å²) in [6.45, 7) is 0.788. The molecule has 156 valence electrons. The monoisotopic (exact) mass is 409 g/mol. The van der Waals surface area contributed by atoms with Gasteiger partial charge in [0.25, 0.3) is 0 Å². The fraction of sp³-hybridized carbons (Fsp3) is 0.217. The van der Waals surface area contributed by atoms with Gasteiger partial charge in [0.15, 0.2) is 0 Å². The molecule has 0 saturated heterocycles. The molecule has 0 amide bonds. The van der Waals surface area contributed by atoms with E-state index in [1.165, 1.54) is 36.2 Å². The maximum absolute atomic E-state index is 12.9. The second kappa shape index (κ2) is 9.73. The van der Waals surface area contributed by atoms with Crippen LogP contribution in [0.2, 0.25) is 0 Å². The summed E-state index contributed by atoms with van der Waals surface area (Å²) < 4.78 is 18.6. The first-order valence-electron chi connectivity index (χ1n) is 9.59. The molecule has 0 spiro atoms. The van der Waals surface area contributed by atoms with Crippen LogP contribution >= 0.6 is 0 Å². The predicted octanol–water partition coefficient (Wildman–Crippen LogP) is 4.74. The van der Waals surface area contributed by atoms with Crippen LogP contribution in [0.4, 0.5) is 21.5 Å². The summed E-state index contributed by atoms with van der Waals surface area (Å²) in [5, 5.41) is 11.4. The summed E-state index contributed by atoms with van der Waals surface area (Å²) in [7, 11) is 3.63. The molecule has 2 heterocycles. The van der Waals surface area contributed by atoms with Gasteiger partial charge in [0.1, 0.15) is 11.6 Å². The van der Waals surface area contributed by atoms with E-state index in [0.29, 0.717) is 5.69 Å². The van der Waals surface area contributed by atoms with Crippen molar-refractivity contribution in [3.05, 3.63) is 77.9 Å². The van der Waals surface area contributed by atoms with E-state index >= 15 is 0 Å². The number of carbonyl (C=O) groups is 1. The molecule has 0 saturated carbocycles. The topological polar surface area (TPSA) is 74.7 Å². The van der Waals surface area contributed by atoms with Crippen LogP contribution in [0.3, 0.4) is 0 Å². The Morgan fingerprint density at radius 3 is 2.57 bits per heavy atom. The number of halogens is 1. The Bertz CT molecular complexity index is 1010. The third-order valence-corrected chi connectivity index (χ3v) is 4.82. The summed E-state index contributed by atoms with van der Waals surface area (Å²) >= 11 is 0. The average Bonchev–Trinajstić information content (AvgIpc) is 2.79. The van der Waals surface area contributed by atoms with Crippen molar-refractivity contribution in [2.24, 2.45) is 0 Å². The van der Waals surface area contributed by atoms with Crippen LogP contribution in [-0.4, -0.2) is 36.8 Å². The smallest absolute Gasteiger partial charge is 0.337 e. The number of nitrogens with one attached hydrogen (secondary N) is 1. The molecular formula is C23H24FN3O3. The van der Waals surface area contributed by atoms with Gasteiger partial charge in [-0.1, -0.05) is 6.07 Å². The van der Waals surface area contributed by atoms with Crippen molar-refractivity contribution < 1.29 is 19.0 Å². The minimum Gasteiger partial charge on any atom is -0.493 e. The lowest BCUT2D eigenvalue weighted by molar-refractivity contribution is 0.0698. The summed E-state index contributed by atoms with van der Waals surface area (Å²) in [6, 6.07) is 14.2. The first-order chi connectivity index (χ1) is 14.5. The number of carboxylic acids is 1. The maximum Gasteiger partial charge on any atom is 0.337 e. The number of benzene rings is 2. The Kier molecular flexibility index (Phi) is 6.85. The van der Waals surface area contributed by atoms with Crippen molar-refractivity contribution in [2.45, 2.75) is 12.8 Å². The van der Waals surface area contributed by atoms with Gasteiger partial charge in [-0.15, -0.1) is 0 Å². The molecule has 0 unspecified atom stereocenters. The van der Waals surface area contributed by atoms with E-state index in [-0.39, 0.29) is 11.4 Å². The number of hydrogen-bond donors (Lipinski definition) is 2. The Balaban J connectivity index is 0.000000199. The van der Waals surface area contributed by atoms with Crippen LogP contribution in [0.1, 0.15) is 22.3 Å². The first-order valence-corrected chi connectivity index (χ1v) is 9.59. The number of ether oxygens (including phenoxy) is 1. The predicted molar refractivity (Wildman–Crippen MR) is 115 cm³/mol. The molecule has 0 radical (unpaired) electrons. The number of fused-ring (bicyclic) bond motifs is 1. The van der Waals surface area contributed by atoms with Crippen molar-refractivity contribution in [1.29, 1.82) is 0 Å². The highest BCUT2D eigenvalue weighted by Gasteiger charge is 2.13. The van der Waals surface area contributed by atoms with Crippen LogP contribution in [0, 0.1) is 5.82 Å². The number of aryl methyl sites for hydroxylation is 1. The fourth-order valence-electron chi connectivity index (χ4n) is 3.13. The summed E-state index contributed by atoms with van der Waals surface area (Å²) in [5.41, 5.74) is 4.04. The van der Waals surface area contributed by atoms with E-state index in [9.17, 15) is 9.18 Å². The largest absolute Gasteiger partial charge is 0.493 e. The summed E-state index contributed by atoms with van der Waals surface area (Å²) in [4.78, 5) is 16.3. The van der Waals surface area contributed by atoms with Gasteiger partial charge in [0, 0.05) is 37.7 Å². The molecule has 1 aromatic heterocycles. The van der Waals surface area contributed by atoms with Crippen molar-refractivity contribution >= 4 is 23.0 Å². The highest BCUT2D eigenvalue weighted by molar-refractivity contribution is 5.93. The lowest BCUT2D eigenvalue weighted by Gasteiger charge is -2.23. The van der Waals surface area contributed by atoms with Crippen molar-refractivity contribution in [3.8, 4) is 5.75 Å². The normalized spacial score (nSPS) is 12.0. The molecule has 0 bridgehead atoms. The number of aromatic nitrogens is 1. The van der Waals surface area contributed by atoms with Gasteiger partial charge in [-0.3, -0.25) is 4.98 Å². The molecule has 30 heavy (non-hydrogen) atoms. The summed E-state index contributed by atoms with van der Waals surface area (Å²) in [5.74, 6) is -0.194. The first kappa shape index (κ1) is 21.1. The van der Waals surface area contributed by atoms with Gasteiger partial charge >= 0.3 is 5.97 Å². The zero-order valence-corrected chi connectivity index (χ0v) is 16.9. The molecule has 0 atom stereocenters. The maximum atomic E-state index is 12.9. The molecule has 2 aromatic carbocycles. The molecule has 1 aliphatic heterocycles. The average molecular weight is 409 g/mol. The highest BCUT2D eigenvalue weighted by atomic mass is 19.1. The fourth-order valence-corrected chi connectivity index (χ4v) is 3.13. The minimum atomic E-state index is -0.947. The van der Waals surface area contributed by atoms with Gasteiger partial charge in [-0.2, -0.15) is 0 Å². The van der Waals surface area contributed by atoms with Crippen molar-refractivity contribution in [3.63, 3.8) is 0 Å². The third kappa shape index (κ3) is 5.05. The molecule has 6 nitrogen and oxygen atoms in total. The van der Waals surface area contributed by atoms with E-state index in [1.807, 2.05) is 11.9 Å². The Hall–Kier alpha value is -3.61. The molecule has 0 aliphatic carbocycles. The lowest BCUT2D eigenvalue weighted by Crippen LogP contribution is -2.12. The molecule has 0 fully saturated rings. The van der Waals surface area contributed by atoms with Crippen LogP contribution in [0.15, 0.2) is 60.9 Å². The number of carboxylic acid groups (broad SMARTS) is 1. The second-order valence-corrected chi connectivity index (χ2v) is 6.76. The third-order valence-electron chi connectivity index (χ3n) is 4.82. The van der Waals surface area contributed by atoms with Crippen molar-refractivity contribution in [2.75, 3.05) is 30.9 Å². The number of hydrogen-bond acceptors (Lipinski definition) is 5. The van der Waals surface area contributed by atoms with E-state index in [2.05, 4.69) is 28.5 Å². The van der Waals surface area contributed by atoms with Gasteiger partial charge in [0.2, 0.25) is 0 Å². The van der Waals surface area contributed by atoms with Crippen LogP contribution < -0.4 is 15.0 Å². The zero-order chi connectivity index (χ0) is 21.5. The van der Waals surface area contributed by atoms with Gasteiger partial charge in [0.05, 0.1) is 24.1 Å². The van der Waals surface area contributed by atoms with Crippen LogP contribution in [-0.2, 0) is 6.42 Å². The lowest BCUT2D eigenvalue weighted by atomic mass is 10.1. The number of nitrogens with zero attached hydrogens (tertiary/aromatic N) is 2. The summed E-state index contributed by atoms with van der Waals surface area (Å²) in [6.07, 6.45) is 5.09. The van der Waals surface area contributed by atoms with Crippen LogP contribution in [0.25, 0.3) is 0 Å². The quantitative estimate of drug-likeness (QED) is 0.648. The van der Waals surface area contributed by atoms with E-state index in [0.717, 1.165) is 36.6 Å². The zero-order valence-electron chi connectivity index (χ0n) is 16.9. The molecule has 3 aromatic rings. The molecule has 4 rings (SSSR count). The SMILES string of the molecule is CN(c1ccc(F)cc1)c1ccc2c(c1)OCCC2.CNc1cnccc1C(=O)O. The van der Waals surface area contributed by atoms with E-state index in [1.54, 1.807) is 19.2 Å². The molecule has 1 aliphatic rings. The Morgan fingerprint density at radius 2 is 1.90 bits per heavy atom. The Morgan fingerprint density at radius 1 is 1.17 bits per heavy atom. The number of aromatic carboxylic acids is 1. The number of anilines is 3. The number of rotatable bonds is 4. The van der Waals surface area contributed by atoms with Gasteiger partial charge in [-0.05, 0) is 54.8 Å². The van der Waals surface area contributed by atoms with Crippen LogP contribution in [0.5, 0.6) is 5.75 Å². The number of pyridine rings is 1. The van der Waals surface area contributed by atoms with Gasteiger partial charge in [-0.25, -0.2) is 9.18 Å². The van der Waals surface area contributed by atoms with Gasteiger partial charge < -0.3 is 20.1 Å². The van der Waals surface area contributed by atoms with E-state index in [4.69, 9.17) is 9.84 Å². The highest BCUT2D eigenvalue weighted by Crippen LogP contribution is 2.32. The minimum absolute atomic E-state index is 0.217. The second-order valence-electron chi connectivity index (χ2n) is 6.76. The standard InChI is InChI=1S/C16H16FNO.C7H8N2O2/c1-18(14-8-5-13(17)6-9-14)15-7-4-12-3-2-10-19-16(12)11-15;1-8-6-4-9-3-2-5(6)7(10)11/h4-9,11H,2-3,10H2,1H3;2-4,8H,1H3,(H,10,11).